The van der Waals surface area contributed by atoms with Crippen molar-refractivity contribution in [3.8, 4) is 5.75 Å². The van der Waals surface area contributed by atoms with Crippen LogP contribution in [0.1, 0.15) is 44.1 Å². The molecule has 0 aromatic carbocycles. The van der Waals surface area contributed by atoms with Crippen LogP contribution in [0.5, 0.6) is 5.75 Å². The second-order valence-electron chi connectivity index (χ2n) is 9.28. The van der Waals surface area contributed by atoms with Crippen LogP contribution < -0.4 is 19.9 Å². The summed E-state index contributed by atoms with van der Waals surface area (Å²) in [5.41, 5.74) is 1.20. The smallest absolute Gasteiger partial charge is 0.329 e. The number of aromatic nitrogens is 2. The van der Waals surface area contributed by atoms with Gasteiger partial charge in [-0.3, -0.25) is 15.0 Å². The molecule has 1 N–H and O–H groups in total. The van der Waals surface area contributed by atoms with E-state index in [-0.39, 0.29) is 24.0 Å². The summed E-state index contributed by atoms with van der Waals surface area (Å²) >= 11 is 0. The minimum atomic E-state index is -0.610. The number of piperidine rings is 1. The van der Waals surface area contributed by atoms with Gasteiger partial charge in [0, 0.05) is 32.3 Å². The second kappa shape index (κ2) is 8.84. The number of hydrogen-bond acceptors (Lipinski definition) is 8. The number of carbonyl (C=O) groups excluding carboxylic acids is 2. The van der Waals surface area contributed by atoms with Crippen LogP contribution in [0, 0.1) is 0 Å². The lowest BCUT2D eigenvalue weighted by molar-refractivity contribution is -0.141. The van der Waals surface area contributed by atoms with E-state index in [1.807, 2.05) is 19.9 Å². The summed E-state index contributed by atoms with van der Waals surface area (Å²) in [6, 6.07) is 6.64. The zero-order valence-corrected chi connectivity index (χ0v) is 19.6. The van der Waals surface area contributed by atoms with Crippen LogP contribution in [-0.2, 0) is 9.47 Å². The number of pyridine rings is 2. The summed E-state index contributed by atoms with van der Waals surface area (Å²) < 4.78 is 17.2. The van der Waals surface area contributed by atoms with E-state index in [4.69, 9.17) is 14.2 Å². The Morgan fingerprint density at radius 2 is 2.15 bits per heavy atom. The molecule has 10 nitrogen and oxygen atoms in total. The van der Waals surface area contributed by atoms with Crippen LogP contribution in [-0.4, -0.2) is 66.0 Å². The number of rotatable bonds is 5. The van der Waals surface area contributed by atoms with Crippen LogP contribution in [0.2, 0.25) is 0 Å². The highest BCUT2D eigenvalue weighted by Crippen LogP contribution is 2.38. The number of nitrogens with one attached hydrogen (secondary N) is 1. The number of nitrogens with zero attached hydrogens (tertiary/aromatic N) is 4. The number of amides is 2. The SMILES string of the molecule is CC(=O)c1ccc2c(n1)N(C(=O)Nc1cc(OC[C@H]3COC(C)(C)O3)ccn1)[C@H]1CCCN2C1. The number of fused-ring (bicyclic) bond motifs is 4. The largest absolute Gasteiger partial charge is 0.491 e. The van der Waals surface area contributed by atoms with Crippen molar-refractivity contribution in [1.82, 2.24) is 9.97 Å². The predicted molar refractivity (Wildman–Crippen MR) is 126 cm³/mol. The molecule has 0 unspecified atom stereocenters. The number of hydrogen-bond donors (Lipinski definition) is 1. The second-order valence-corrected chi connectivity index (χ2v) is 9.28. The van der Waals surface area contributed by atoms with Gasteiger partial charge in [0.2, 0.25) is 0 Å². The maximum absolute atomic E-state index is 13.4. The minimum absolute atomic E-state index is 0.0294. The van der Waals surface area contributed by atoms with E-state index < -0.39 is 5.79 Å². The molecule has 2 aromatic heterocycles. The van der Waals surface area contributed by atoms with Crippen LogP contribution in [0.25, 0.3) is 0 Å². The topological polar surface area (TPSA) is 106 Å². The fraction of sp³-hybridized carbons (Fsp3) is 0.500. The first-order valence-electron chi connectivity index (χ1n) is 11.6. The Hall–Kier alpha value is -3.24. The predicted octanol–water partition coefficient (Wildman–Crippen LogP) is 3.23. The van der Waals surface area contributed by atoms with Gasteiger partial charge in [0.15, 0.2) is 17.4 Å². The zero-order valence-electron chi connectivity index (χ0n) is 19.6. The highest BCUT2D eigenvalue weighted by molar-refractivity contribution is 6.04. The summed E-state index contributed by atoms with van der Waals surface area (Å²) in [6.45, 7) is 7.64. The van der Waals surface area contributed by atoms with Gasteiger partial charge in [-0.15, -0.1) is 0 Å². The molecule has 3 aliphatic heterocycles. The minimum Gasteiger partial charge on any atom is -0.491 e. The number of carbonyl (C=O) groups is 2. The molecule has 180 valence electrons. The third-order valence-corrected chi connectivity index (χ3v) is 6.23. The Bertz CT molecular complexity index is 1110. The fourth-order valence-corrected chi connectivity index (χ4v) is 4.65. The first-order valence-corrected chi connectivity index (χ1v) is 11.6. The van der Waals surface area contributed by atoms with Crippen molar-refractivity contribution in [2.45, 2.75) is 51.5 Å². The van der Waals surface area contributed by atoms with Crippen molar-refractivity contribution in [3.05, 3.63) is 36.2 Å². The first kappa shape index (κ1) is 22.5. The molecule has 2 fully saturated rings. The molecule has 0 aliphatic carbocycles. The third-order valence-electron chi connectivity index (χ3n) is 6.23. The maximum atomic E-state index is 13.4. The molecule has 2 atom stereocenters. The molecule has 0 saturated carbocycles. The number of Topliss-reactive ketones (excluding diaryl/α,β-unsaturated/α-hetero) is 1. The molecule has 5 heterocycles. The van der Waals surface area contributed by atoms with E-state index in [0.29, 0.717) is 36.3 Å². The average molecular weight is 468 g/mol. The third kappa shape index (κ3) is 4.55. The maximum Gasteiger partial charge on any atom is 0.329 e. The van der Waals surface area contributed by atoms with Crippen LogP contribution in [0.4, 0.5) is 22.1 Å². The summed E-state index contributed by atoms with van der Waals surface area (Å²) in [5.74, 6) is 0.698. The molecule has 2 bridgehead atoms. The quantitative estimate of drug-likeness (QED) is 0.668. The highest BCUT2D eigenvalue weighted by Gasteiger charge is 2.38. The van der Waals surface area contributed by atoms with Crippen molar-refractivity contribution in [1.29, 1.82) is 0 Å². The van der Waals surface area contributed by atoms with Gasteiger partial charge in [-0.1, -0.05) is 0 Å². The number of anilines is 3. The monoisotopic (exact) mass is 467 g/mol. The number of urea groups is 1. The molecule has 0 spiro atoms. The molecule has 2 aromatic rings. The van der Waals surface area contributed by atoms with Gasteiger partial charge in [0.25, 0.3) is 0 Å². The summed E-state index contributed by atoms with van der Waals surface area (Å²) in [6.07, 6.45) is 3.26. The lowest BCUT2D eigenvalue weighted by Gasteiger charge is -2.45. The van der Waals surface area contributed by atoms with E-state index >= 15 is 0 Å². The zero-order chi connectivity index (χ0) is 23.9. The Balaban J connectivity index is 1.32. The van der Waals surface area contributed by atoms with Crippen molar-refractivity contribution >= 4 is 29.1 Å². The van der Waals surface area contributed by atoms with Crippen molar-refractivity contribution < 1.29 is 23.8 Å². The van der Waals surface area contributed by atoms with Gasteiger partial charge in [0.05, 0.1) is 18.3 Å². The summed E-state index contributed by atoms with van der Waals surface area (Å²) in [5, 5.41) is 2.88. The summed E-state index contributed by atoms with van der Waals surface area (Å²) in [4.78, 5) is 38.1. The fourth-order valence-electron chi connectivity index (χ4n) is 4.65. The molecule has 5 rings (SSSR count). The Labute approximate surface area is 198 Å². The standard InChI is InChI=1S/C24H29N5O5/c1-15(30)19-6-7-20-22(26-19)29(16-5-4-10-28(20)12-16)23(31)27-21-11-17(8-9-25-21)32-13-18-14-33-24(2,3)34-18/h6-9,11,16,18H,4-5,10,12-14H2,1-3H3,(H,25,27,31)/t16-,18-/m0/s1. The van der Waals surface area contributed by atoms with Crippen molar-refractivity contribution in [3.63, 3.8) is 0 Å². The van der Waals surface area contributed by atoms with Crippen LogP contribution in [0.15, 0.2) is 30.5 Å². The lowest BCUT2D eigenvalue weighted by Crippen LogP contribution is -2.56. The molecule has 10 heteroatoms. The highest BCUT2D eigenvalue weighted by atomic mass is 16.7. The molecule has 34 heavy (non-hydrogen) atoms. The van der Waals surface area contributed by atoms with E-state index in [2.05, 4.69) is 20.2 Å². The van der Waals surface area contributed by atoms with Gasteiger partial charge in [-0.25, -0.2) is 14.8 Å². The molecule has 2 saturated heterocycles. The van der Waals surface area contributed by atoms with Crippen molar-refractivity contribution in [2.24, 2.45) is 0 Å². The van der Waals surface area contributed by atoms with E-state index in [0.717, 1.165) is 31.6 Å². The Kier molecular flexibility index (Phi) is 5.86. The first-order chi connectivity index (χ1) is 16.3. The average Bonchev–Trinajstić information content (AvgIpc) is 3.16. The van der Waals surface area contributed by atoms with Gasteiger partial charge in [-0.05, 0) is 44.9 Å². The van der Waals surface area contributed by atoms with Crippen LogP contribution >= 0.6 is 0 Å². The van der Waals surface area contributed by atoms with Crippen molar-refractivity contribution in [2.75, 3.05) is 41.4 Å². The molecular weight excluding hydrogens is 438 g/mol. The summed E-state index contributed by atoms with van der Waals surface area (Å²) in [7, 11) is 0. The van der Waals surface area contributed by atoms with Gasteiger partial charge >= 0.3 is 6.03 Å². The Morgan fingerprint density at radius 1 is 1.29 bits per heavy atom. The molecule has 0 radical (unpaired) electrons. The normalized spacial score (nSPS) is 22.8. The molecule has 3 aliphatic rings. The Morgan fingerprint density at radius 3 is 2.91 bits per heavy atom. The van der Waals surface area contributed by atoms with Gasteiger partial charge < -0.3 is 19.1 Å². The van der Waals surface area contributed by atoms with Crippen LogP contribution in [0.3, 0.4) is 0 Å². The van der Waals surface area contributed by atoms with E-state index in [1.165, 1.54) is 6.92 Å². The molecule has 2 amide bonds. The van der Waals surface area contributed by atoms with E-state index in [1.54, 1.807) is 29.3 Å². The van der Waals surface area contributed by atoms with Gasteiger partial charge in [-0.2, -0.15) is 0 Å². The molecular formula is C24H29N5O5. The number of ketones is 1. The van der Waals surface area contributed by atoms with Gasteiger partial charge in [0.1, 0.15) is 30.0 Å². The van der Waals surface area contributed by atoms with E-state index in [9.17, 15) is 9.59 Å². The lowest BCUT2D eigenvalue weighted by atomic mass is 9.99. The number of ether oxygens (including phenoxy) is 3.